The van der Waals surface area contributed by atoms with E-state index in [1.807, 2.05) is 7.05 Å². The Morgan fingerprint density at radius 3 is 2.38 bits per heavy atom. The van der Waals surface area contributed by atoms with Gasteiger partial charge in [-0.15, -0.1) is 0 Å². The Bertz CT molecular complexity index is 264. The highest BCUT2D eigenvalue weighted by Gasteiger charge is 2.37. The maximum Gasteiger partial charge on any atom is 0.309 e. The van der Waals surface area contributed by atoms with Gasteiger partial charge in [0.15, 0.2) is 0 Å². The number of hydrogen-bond donors (Lipinski definition) is 1. The minimum absolute atomic E-state index is 0.0348. The molecule has 0 spiro atoms. The van der Waals surface area contributed by atoms with Crippen molar-refractivity contribution in [3.63, 3.8) is 0 Å². The van der Waals surface area contributed by atoms with Crippen molar-refractivity contribution in [3.05, 3.63) is 0 Å². The molecule has 1 aliphatic rings. The van der Waals surface area contributed by atoms with Crippen molar-refractivity contribution in [2.45, 2.75) is 39.3 Å². The lowest BCUT2D eigenvalue weighted by Gasteiger charge is -2.41. The van der Waals surface area contributed by atoms with Gasteiger partial charge < -0.3 is 10.0 Å². The standard InChI is InChI=1S/C12H24N2O2/c1-9(2)14-7-10(11(15)16)6-13(5)8-12(14,3)4/h9-10H,6-8H2,1-5H3,(H,15,16). The predicted octanol–water partition coefficient (Wildman–Crippen LogP) is 1.12. The zero-order valence-electron chi connectivity index (χ0n) is 11.0. The maximum absolute atomic E-state index is 11.2. The summed E-state index contributed by atoms with van der Waals surface area (Å²) in [7, 11) is 2.00. The normalized spacial score (nSPS) is 28.0. The van der Waals surface area contributed by atoms with Crippen molar-refractivity contribution in [3.8, 4) is 0 Å². The summed E-state index contributed by atoms with van der Waals surface area (Å²) < 4.78 is 0. The zero-order valence-corrected chi connectivity index (χ0v) is 11.0. The van der Waals surface area contributed by atoms with Gasteiger partial charge in [-0.25, -0.2) is 0 Å². The van der Waals surface area contributed by atoms with E-state index in [1.165, 1.54) is 0 Å². The lowest BCUT2D eigenvalue weighted by atomic mass is 10.00. The molecule has 1 fully saturated rings. The Labute approximate surface area is 98.2 Å². The average molecular weight is 228 g/mol. The number of hydrogen-bond acceptors (Lipinski definition) is 3. The molecule has 1 saturated heterocycles. The van der Waals surface area contributed by atoms with Crippen LogP contribution in [-0.4, -0.2) is 59.1 Å². The number of carboxylic acids is 1. The van der Waals surface area contributed by atoms with Gasteiger partial charge in [-0.05, 0) is 34.7 Å². The molecule has 1 N–H and O–H groups in total. The Balaban J connectivity index is 2.92. The molecule has 1 heterocycles. The van der Waals surface area contributed by atoms with Crippen molar-refractivity contribution in [2.24, 2.45) is 5.92 Å². The highest BCUT2D eigenvalue weighted by molar-refractivity contribution is 5.70. The maximum atomic E-state index is 11.2. The smallest absolute Gasteiger partial charge is 0.309 e. The molecule has 16 heavy (non-hydrogen) atoms. The van der Waals surface area contributed by atoms with E-state index in [-0.39, 0.29) is 11.5 Å². The third kappa shape index (κ3) is 2.95. The van der Waals surface area contributed by atoms with Gasteiger partial charge in [-0.3, -0.25) is 9.69 Å². The van der Waals surface area contributed by atoms with Gasteiger partial charge in [0.05, 0.1) is 5.92 Å². The second-order valence-corrected chi connectivity index (χ2v) is 5.79. The largest absolute Gasteiger partial charge is 0.481 e. The molecule has 1 atom stereocenters. The number of carbonyl (C=O) groups is 1. The molecule has 4 heteroatoms. The van der Waals surface area contributed by atoms with E-state index in [4.69, 9.17) is 0 Å². The third-order valence-corrected chi connectivity index (χ3v) is 3.36. The molecule has 0 aromatic heterocycles. The number of carboxylic acid groups (broad SMARTS) is 1. The summed E-state index contributed by atoms with van der Waals surface area (Å²) in [4.78, 5) is 15.6. The summed E-state index contributed by atoms with van der Waals surface area (Å²) >= 11 is 0. The van der Waals surface area contributed by atoms with E-state index in [1.54, 1.807) is 0 Å². The monoisotopic (exact) mass is 228 g/mol. The van der Waals surface area contributed by atoms with Gasteiger partial charge in [-0.1, -0.05) is 0 Å². The minimum atomic E-state index is -0.685. The highest BCUT2D eigenvalue weighted by Crippen LogP contribution is 2.24. The number of nitrogens with zero attached hydrogens (tertiary/aromatic N) is 2. The molecule has 0 aromatic rings. The summed E-state index contributed by atoms with van der Waals surface area (Å²) in [5.41, 5.74) is 0.0348. The first kappa shape index (κ1) is 13.5. The van der Waals surface area contributed by atoms with Crippen LogP contribution in [0.5, 0.6) is 0 Å². The molecule has 1 unspecified atom stereocenters. The molecule has 0 aromatic carbocycles. The van der Waals surface area contributed by atoms with Gasteiger partial charge in [0.2, 0.25) is 0 Å². The van der Waals surface area contributed by atoms with E-state index >= 15 is 0 Å². The topological polar surface area (TPSA) is 43.8 Å². The van der Waals surface area contributed by atoms with Crippen LogP contribution in [0.3, 0.4) is 0 Å². The van der Waals surface area contributed by atoms with Gasteiger partial charge in [0, 0.05) is 31.2 Å². The zero-order chi connectivity index (χ0) is 12.5. The van der Waals surface area contributed by atoms with Crippen LogP contribution in [0.15, 0.2) is 0 Å². The molecule has 0 saturated carbocycles. The summed E-state index contributed by atoms with van der Waals surface area (Å²) in [5.74, 6) is -0.968. The van der Waals surface area contributed by atoms with Crippen LogP contribution in [0.1, 0.15) is 27.7 Å². The summed E-state index contributed by atoms with van der Waals surface area (Å²) in [6.07, 6.45) is 0. The number of aliphatic carboxylic acids is 1. The quantitative estimate of drug-likeness (QED) is 0.769. The summed E-state index contributed by atoms with van der Waals surface area (Å²) in [5, 5.41) is 9.20. The summed E-state index contributed by atoms with van der Waals surface area (Å²) in [6, 6.07) is 0.378. The van der Waals surface area contributed by atoms with Crippen molar-refractivity contribution in [2.75, 3.05) is 26.7 Å². The number of likely N-dealkylation sites (N-methyl/N-ethyl adjacent to an activating group) is 1. The molecule has 0 bridgehead atoms. The lowest BCUT2D eigenvalue weighted by molar-refractivity contribution is -0.142. The molecular weight excluding hydrogens is 204 g/mol. The Morgan fingerprint density at radius 2 is 1.94 bits per heavy atom. The molecule has 1 aliphatic heterocycles. The molecule has 0 amide bonds. The Kier molecular flexibility index (Phi) is 3.97. The van der Waals surface area contributed by atoms with E-state index in [2.05, 4.69) is 37.5 Å². The highest BCUT2D eigenvalue weighted by atomic mass is 16.4. The molecule has 0 radical (unpaired) electrons. The average Bonchev–Trinajstić information content (AvgIpc) is 2.19. The van der Waals surface area contributed by atoms with Gasteiger partial charge >= 0.3 is 5.97 Å². The van der Waals surface area contributed by atoms with Crippen LogP contribution < -0.4 is 0 Å². The third-order valence-electron chi connectivity index (χ3n) is 3.36. The number of rotatable bonds is 2. The first-order chi connectivity index (χ1) is 7.24. The predicted molar refractivity (Wildman–Crippen MR) is 64.5 cm³/mol. The lowest BCUT2D eigenvalue weighted by Crippen LogP contribution is -2.52. The van der Waals surface area contributed by atoms with Crippen molar-refractivity contribution >= 4 is 5.97 Å². The minimum Gasteiger partial charge on any atom is -0.481 e. The van der Waals surface area contributed by atoms with Crippen LogP contribution in [0, 0.1) is 5.92 Å². The van der Waals surface area contributed by atoms with Crippen LogP contribution >= 0.6 is 0 Å². The van der Waals surface area contributed by atoms with Crippen LogP contribution in [0.2, 0.25) is 0 Å². The molecular formula is C12H24N2O2. The summed E-state index contributed by atoms with van der Waals surface area (Å²) in [6.45, 7) is 10.8. The Morgan fingerprint density at radius 1 is 1.38 bits per heavy atom. The van der Waals surface area contributed by atoms with Gasteiger partial charge in [-0.2, -0.15) is 0 Å². The van der Waals surface area contributed by atoms with E-state index in [0.717, 1.165) is 6.54 Å². The molecule has 1 rings (SSSR count). The van der Waals surface area contributed by atoms with Crippen molar-refractivity contribution in [1.82, 2.24) is 9.80 Å². The SMILES string of the molecule is CC(C)N1CC(C(=O)O)CN(C)CC1(C)C. The fraction of sp³-hybridized carbons (Fsp3) is 0.917. The van der Waals surface area contributed by atoms with E-state index in [0.29, 0.717) is 19.1 Å². The van der Waals surface area contributed by atoms with E-state index in [9.17, 15) is 9.90 Å². The van der Waals surface area contributed by atoms with Gasteiger partial charge in [0.25, 0.3) is 0 Å². The van der Waals surface area contributed by atoms with E-state index < -0.39 is 5.97 Å². The Hall–Kier alpha value is -0.610. The molecule has 4 nitrogen and oxygen atoms in total. The molecule has 94 valence electrons. The second-order valence-electron chi connectivity index (χ2n) is 5.79. The fourth-order valence-electron chi connectivity index (χ4n) is 2.80. The fourth-order valence-corrected chi connectivity index (χ4v) is 2.80. The first-order valence-corrected chi connectivity index (χ1v) is 5.92. The van der Waals surface area contributed by atoms with Crippen LogP contribution in [0.4, 0.5) is 0 Å². The second kappa shape index (κ2) is 4.72. The van der Waals surface area contributed by atoms with Crippen molar-refractivity contribution < 1.29 is 9.90 Å². The van der Waals surface area contributed by atoms with Crippen molar-refractivity contribution in [1.29, 1.82) is 0 Å². The van der Waals surface area contributed by atoms with Gasteiger partial charge in [0.1, 0.15) is 0 Å². The van der Waals surface area contributed by atoms with Crippen LogP contribution in [-0.2, 0) is 4.79 Å². The van der Waals surface area contributed by atoms with Crippen LogP contribution in [0.25, 0.3) is 0 Å². The molecule has 0 aliphatic carbocycles. The first-order valence-electron chi connectivity index (χ1n) is 5.92.